The van der Waals surface area contributed by atoms with Crippen molar-refractivity contribution in [3.8, 4) is 0 Å². The van der Waals surface area contributed by atoms with Crippen molar-refractivity contribution < 1.29 is 56.9 Å². The number of aliphatic carboxylic acids is 1. The number of carboxylic acids is 1. The summed E-state index contributed by atoms with van der Waals surface area (Å²) in [5.74, 6) is -3.72. The first kappa shape index (κ1) is 27.3. The number of primary amides is 1. The topological polar surface area (TPSA) is 160 Å². The van der Waals surface area contributed by atoms with E-state index < -0.39 is 42.6 Å². The molecule has 1 aromatic rings. The minimum Gasteiger partial charge on any atom is -0.475 e. The van der Waals surface area contributed by atoms with Gasteiger partial charge in [0.2, 0.25) is 0 Å². The number of rotatable bonds is 8. The molecule has 1 unspecified atom stereocenters. The molecule has 1 fully saturated rings. The molecule has 0 saturated carbocycles. The molecule has 10 nitrogen and oxygen atoms in total. The number of nitrogens with two attached hydrogens (primary N) is 1. The third-order valence-electron chi connectivity index (χ3n) is 4.37. The summed E-state index contributed by atoms with van der Waals surface area (Å²) in [5.41, 5.74) is 5.49. The Hall–Kier alpha value is -2.77. The van der Waals surface area contributed by atoms with Crippen LogP contribution in [0.1, 0.15) is 49.2 Å². The van der Waals surface area contributed by atoms with Crippen LogP contribution in [0.25, 0.3) is 0 Å². The zero-order valence-electron chi connectivity index (χ0n) is 17.2. The van der Waals surface area contributed by atoms with E-state index in [0.29, 0.717) is 6.42 Å². The Balaban J connectivity index is 0.000000633. The summed E-state index contributed by atoms with van der Waals surface area (Å²) < 4.78 is 43.9. The van der Waals surface area contributed by atoms with Crippen molar-refractivity contribution in [3.05, 3.63) is 30.1 Å². The van der Waals surface area contributed by atoms with Crippen LogP contribution in [-0.4, -0.2) is 64.3 Å². The standard InChI is InChI=1S/C17H24N2O6.C2HF3O2/c1-2-3-4-7-13(20)24-10-12-14(21)15(22)17(25-12)19-8-5-6-11(9-19)16(18)23;3-2(4,5)1(6)7/h5-6,8-9,12,14-15,17,21-22H,2-4,7,10H2,1H3,(H-,18,23);(H,6,7)/p+1/t12?,14-,15-,17-;/m1./s1. The number of halogens is 3. The second-order valence-corrected chi connectivity index (χ2v) is 6.89. The third kappa shape index (κ3) is 8.40. The monoisotopic (exact) mass is 467 g/mol. The molecule has 0 bridgehead atoms. The Labute approximate surface area is 181 Å². The van der Waals surface area contributed by atoms with Crippen molar-refractivity contribution in [3.63, 3.8) is 0 Å². The quantitative estimate of drug-likeness (QED) is 0.244. The lowest BCUT2D eigenvalue weighted by Crippen LogP contribution is -2.46. The number of carbonyl (C=O) groups is 3. The van der Waals surface area contributed by atoms with E-state index in [0.717, 1.165) is 19.3 Å². The van der Waals surface area contributed by atoms with E-state index in [9.17, 15) is 33.0 Å². The van der Waals surface area contributed by atoms with Gasteiger partial charge >= 0.3 is 18.1 Å². The Morgan fingerprint density at radius 2 is 1.84 bits per heavy atom. The van der Waals surface area contributed by atoms with Gasteiger partial charge in [0.15, 0.2) is 18.5 Å². The first-order valence-corrected chi connectivity index (χ1v) is 9.66. The van der Waals surface area contributed by atoms with Crippen LogP contribution < -0.4 is 10.3 Å². The van der Waals surface area contributed by atoms with Crippen LogP contribution in [0.4, 0.5) is 13.2 Å². The summed E-state index contributed by atoms with van der Waals surface area (Å²) in [6.45, 7) is 1.90. The van der Waals surface area contributed by atoms with Crippen LogP contribution in [0.3, 0.4) is 0 Å². The van der Waals surface area contributed by atoms with Crippen LogP contribution in [-0.2, 0) is 19.1 Å². The minimum atomic E-state index is -5.08. The lowest BCUT2D eigenvalue weighted by molar-refractivity contribution is -0.765. The van der Waals surface area contributed by atoms with Crippen molar-refractivity contribution in [2.45, 2.75) is 63.3 Å². The summed E-state index contributed by atoms with van der Waals surface area (Å²) in [6, 6.07) is 3.12. The number of alkyl halides is 3. The molecule has 4 atom stereocenters. The van der Waals surface area contributed by atoms with Crippen LogP contribution in [0.2, 0.25) is 0 Å². The maximum atomic E-state index is 11.7. The summed E-state index contributed by atoms with van der Waals surface area (Å²) >= 11 is 0. The van der Waals surface area contributed by atoms with Gasteiger partial charge in [-0.1, -0.05) is 19.8 Å². The fourth-order valence-electron chi connectivity index (χ4n) is 2.68. The van der Waals surface area contributed by atoms with E-state index in [2.05, 4.69) is 0 Å². The van der Waals surface area contributed by atoms with Crippen molar-refractivity contribution >= 4 is 17.8 Å². The van der Waals surface area contributed by atoms with Gasteiger partial charge in [0.25, 0.3) is 12.1 Å². The molecule has 1 saturated heterocycles. The smallest absolute Gasteiger partial charge is 0.475 e. The molecule has 13 heteroatoms. The van der Waals surface area contributed by atoms with Gasteiger partial charge in [-0.2, -0.15) is 17.7 Å². The largest absolute Gasteiger partial charge is 0.490 e. The van der Waals surface area contributed by atoms with Crippen molar-refractivity contribution in [2.75, 3.05) is 6.61 Å². The number of hydrogen-bond donors (Lipinski definition) is 4. The summed E-state index contributed by atoms with van der Waals surface area (Å²) in [7, 11) is 0. The zero-order valence-corrected chi connectivity index (χ0v) is 17.2. The molecule has 0 spiro atoms. The highest BCUT2D eigenvalue weighted by atomic mass is 19.4. The SMILES string of the molecule is CCCCCC(=O)OCC1O[C@@H]([n+]2cccc(C(N)=O)c2)[C@H](O)[C@@H]1O.O=C(O)C(F)(F)F. The summed E-state index contributed by atoms with van der Waals surface area (Å²) in [6.07, 6.45) is -3.22. The number of unbranched alkanes of at least 4 members (excludes halogenated alkanes) is 2. The Bertz CT molecular complexity index is 790. The van der Waals surface area contributed by atoms with E-state index in [1.165, 1.54) is 16.8 Å². The van der Waals surface area contributed by atoms with Crippen molar-refractivity contribution in [1.29, 1.82) is 0 Å². The number of aliphatic hydroxyl groups excluding tert-OH is 2. The van der Waals surface area contributed by atoms with Crippen LogP contribution in [0.15, 0.2) is 24.5 Å². The first-order valence-electron chi connectivity index (χ1n) is 9.66. The number of carbonyl (C=O) groups excluding carboxylic acids is 2. The van der Waals surface area contributed by atoms with Gasteiger partial charge in [-0.15, -0.1) is 0 Å². The average molecular weight is 467 g/mol. The maximum Gasteiger partial charge on any atom is 0.490 e. The van der Waals surface area contributed by atoms with Crippen molar-refractivity contribution in [1.82, 2.24) is 0 Å². The number of nitrogens with zero attached hydrogens (tertiary/aromatic N) is 1. The van der Waals surface area contributed by atoms with E-state index in [1.54, 1.807) is 12.3 Å². The van der Waals surface area contributed by atoms with E-state index in [4.69, 9.17) is 25.1 Å². The lowest BCUT2D eigenvalue weighted by atomic mass is 10.1. The number of carboxylic acid groups (broad SMARTS) is 1. The van der Waals surface area contributed by atoms with Crippen LogP contribution in [0.5, 0.6) is 0 Å². The molecule has 0 aliphatic carbocycles. The third-order valence-corrected chi connectivity index (χ3v) is 4.37. The molecule has 2 heterocycles. The van der Waals surface area contributed by atoms with Gasteiger partial charge in [0.1, 0.15) is 24.4 Å². The van der Waals surface area contributed by atoms with Crippen LogP contribution in [0, 0.1) is 0 Å². The summed E-state index contributed by atoms with van der Waals surface area (Å²) in [4.78, 5) is 31.8. The molecular formula is C19H26F3N2O8+. The molecule has 0 radical (unpaired) electrons. The zero-order chi connectivity index (χ0) is 24.5. The molecule has 5 N–H and O–H groups in total. The molecular weight excluding hydrogens is 441 g/mol. The fourth-order valence-corrected chi connectivity index (χ4v) is 2.68. The number of hydrogen-bond acceptors (Lipinski definition) is 7. The number of amides is 1. The molecule has 32 heavy (non-hydrogen) atoms. The van der Waals surface area contributed by atoms with Gasteiger partial charge in [-0.05, 0) is 12.5 Å². The highest BCUT2D eigenvalue weighted by Gasteiger charge is 2.48. The van der Waals surface area contributed by atoms with Crippen molar-refractivity contribution in [2.24, 2.45) is 5.73 Å². The van der Waals surface area contributed by atoms with Gasteiger partial charge in [-0.25, -0.2) is 4.79 Å². The highest BCUT2D eigenvalue weighted by Crippen LogP contribution is 2.26. The highest BCUT2D eigenvalue weighted by molar-refractivity contribution is 5.92. The van der Waals surface area contributed by atoms with Gasteiger partial charge < -0.3 is 30.5 Å². The second kappa shape index (κ2) is 12.3. The van der Waals surface area contributed by atoms with E-state index in [1.807, 2.05) is 6.92 Å². The number of aliphatic hydroxyl groups is 2. The number of ether oxygens (including phenoxy) is 2. The molecule has 1 aliphatic heterocycles. The predicted octanol–water partition coefficient (Wildman–Crippen LogP) is 0.449. The van der Waals surface area contributed by atoms with E-state index >= 15 is 0 Å². The fraction of sp³-hybridized carbons (Fsp3) is 0.579. The molecule has 1 amide bonds. The number of esters is 1. The minimum absolute atomic E-state index is 0.143. The lowest BCUT2D eigenvalue weighted by Gasteiger charge is -2.13. The van der Waals surface area contributed by atoms with E-state index in [-0.39, 0.29) is 18.1 Å². The van der Waals surface area contributed by atoms with Crippen LogP contribution >= 0.6 is 0 Å². The molecule has 180 valence electrons. The second-order valence-electron chi connectivity index (χ2n) is 6.89. The molecule has 1 aliphatic rings. The predicted molar refractivity (Wildman–Crippen MR) is 99.9 cm³/mol. The molecule has 2 rings (SSSR count). The summed E-state index contributed by atoms with van der Waals surface area (Å²) in [5, 5.41) is 27.4. The molecule has 1 aromatic heterocycles. The Morgan fingerprint density at radius 1 is 1.22 bits per heavy atom. The van der Waals surface area contributed by atoms with Gasteiger partial charge in [0.05, 0.1) is 0 Å². The maximum absolute atomic E-state index is 11.7. The van der Waals surface area contributed by atoms with Gasteiger partial charge in [-0.3, -0.25) is 9.59 Å². The number of aromatic nitrogens is 1. The average Bonchev–Trinajstić information content (AvgIpc) is 3.01. The molecule has 0 aromatic carbocycles. The normalized spacial score (nSPS) is 22.6. The van der Waals surface area contributed by atoms with Gasteiger partial charge in [0, 0.05) is 12.5 Å². The first-order chi connectivity index (χ1) is 14.9. The number of pyridine rings is 1. The Morgan fingerprint density at radius 3 is 2.38 bits per heavy atom. The Kier molecular flexibility index (Phi) is 10.5.